The predicted octanol–water partition coefficient (Wildman–Crippen LogP) is 3.91. The second-order valence-electron chi connectivity index (χ2n) is 5.90. The first-order chi connectivity index (χ1) is 11.6. The summed E-state index contributed by atoms with van der Waals surface area (Å²) in [6.07, 6.45) is 2.53. The molecule has 0 saturated carbocycles. The molecule has 0 fully saturated rings. The third kappa shape index (κ3) is 5.06. The van der Waals surface area contributed by atoms with Crippen molar-refractivity contribution in [2.45, 2.75) is 26.2 Å². The first-order valence-electron chi connectivity index (χ1n) is 8.21. The number of nitrogens with zero attached hydrogens (tertiary/aromatic N) is 1. The van der Waals surface area contributed by atoms with Gasteiger partial charge in [-0.1, -0.05) is 32.0 Å². The van der Waals surface area contributed by atoms with Crippen molar-refractivity contribution >= 4 is 17.4 Å². The minimum absolute atomic E-state index is 0.134. The number of carbonyl (C=O) groups is 1. The molecule has 1 aromatic carbocycles. The molecule has 5 heteroatoms. The maximum atomic E-state index is 12.5. The lowest BCUT2D eigenvalue weighted by molar-refractivity contribution is 0.102. The van der Waals surface area contributed by atoms with Gasteiger partial charge < -0.3 is 15.4 Å². The Balaban J connectivity index is 2.05. The largest absolute Gasteiger partial charge is 0.385 e. The number of pyridine rings is 1. The smallest absolute Gasteiger partial charge is 0.255 e. The Morgan fingerprint density at radius 2 is 2.04 bits per heavy atom. The molecule has 2 rings (SSSR count). The number of carbonyl (C=O) groups excluding carboxylic acids is 1. The predicted molar refractivity (Wildman–Crippen MR) is 97.7 cm³/mol. The SMILES string of the molecule is COCCCNc1cc(C(=O)Nc2ccccc2C(C)C)ccn1. The van der Waals surface area contributed by atoms with Gasteiger partial charge in [-0.2, -0.15) is 0 Å². The topological polar surface area (TPSA) is 63.2 Å². The fourth-order valence-electron chi connectivity index (χ4n) is 2.41. The summed E-state index contributed by atoms with van der Waals surface area (Å²) in [5.41, 5.74) is 2.56. The van der Waals surface area contributed by atoms with Crippen molar-refractivity contribution in [3.8, 4) is 0 Å². The van der Waals surface area contributed by atoms with Crippen LogP contribution in [0.4, 0.5) is 11.5 Å². The van der Waals surface area contributed by atoms with Crippen molar-refractivity contribution in [1.29, 1.82) is 0 Å². The first-order valence-corrected chi connectivity index (χ1v) is 8.21. The Morgan fingerprint density at radius 3 is 2.79 bits per heavy atom. The van der Waals surface area contributed by atoms with E-state index >= 15 is 0 Å². The van der Waals surface area contributed by atoms with Gasteiger partial charge in [0.05, 0.1) is 0 Å². The summed E-state index contributed by atoms with van der Waals surface area (Å²) in [6.45, 7) is 5.67. The normalized spacial score (nSPS) is 10.7. The molecule has 0 bridgehead atoms. The van der Waals surface area contributed by atoms with Crippen LogP contribution in [-0.2, 0) is 4.74 Å². The number of aromatic nitrogens is 1. The molecule has 5 nitrogen and oxygen atoms in total. The highest BCUT2D eigenvalue weighted by molar-refractivity contribution is 6.05. The number of methoxy groups -OCH3 is 1. The molecule has 0 aliphatic carbocycles. The molecule has 0 unspecified atom stereocenters. The van der Waals surface area contributed by atoms with Gasteiger partial charge in [0.1, 0.15) is 5.82 Å². The maximum absolute atomic E-state index is 12.5. The number of ether oxygens (including phenoxy) is 1. The Bertz CT molecular complexity index is 671. The Kier molecular flexibility index (Phi) is 6.75. The molecule has 128 valence electrons. The molecular formula is C19H25N3O2. The number of para-hydroxylation sites is 1. The molecule has 1 heterocycles. The van der Waals surface area contributed by atoms with Crippen molar-refractivity contribution in [2.24, 2.45) is 0 Å². The standard InChI is InChI=1S/C19H25N3O2/c1-14(2)16-7-4-5-8-17(16)22-19(23)15-9-11-21-18(13-15)20-10-6-12-24-3/h4-5,7-9,11,13-14H,6,10,12H2,1-3H3,(H,20,21)(H,22,23). The molecule has 24 heavy (non-hydrogen) atoms. The molecule has 0 saturated heterocycles. The first kappa shape index (κ1) is 17.9. The number of hydrogen-bond acceptors (Lipinski definition) is 4. The van der Waals surface area contributed by atoms with Crippen LogP contribution in [0.3, 0.4) is 0 Å². The fraction of sp³-hybridized carbons (Fsp3) is 0.368. The van der Waals surface area contributed by atoms with Gasteiger partial charge >= 0.3 is 0 Å². The van der Waals surface area contributed by atoms with Gasteiger partial charge in [0, 0.05) is 37.7 Å². The summed E-state index contributed by atoms with van der Waals surface area (Å²) in [6, 6.07) is 11.4. The summed E-state index contributed by atoms with van der Waals surface area (Å²) in [5.74, 6) is 0.901. The molecule has 0 aliphatic rings. The Labute approximate surface area is 143 Å². The minimum Gasteiger partial charge on any atom is -0.385 e. The molecule has 0 aliphatic heterocycles. The van der Waals surface area contributed by atoms with Gasteiger partial charge in [0.25, 0.3) is 5.91 Å². The van der Waals surface area contributed by atoms with Crippen molar-refractivity contribution in [2.75, 3.05) is 30.9 Å². The van der Waals surface area contributed by atoms with E-state index in [2.05, 4.69) is 29.5 Å². The molecule has 0 spiro atoms. The molecular weight excluding hydrogens is 302 g/mol. The quantitative estimate of drug-likeness (QED) is 0.722. The van der Waals surface area contributed by atoms with Crippen molar-refractivity contribution in [3.63, 3.8) is 0 Å². The molecule has 1 aromatic heterocycles. The second-order valence-corrected chi connectivity index (χ2v) is 5.90. The lowest BCUT2D eigenvalue weighted by Crippen LogP contribution is -2.14. The van der Waals surface area contributed by atoms with Crippen molar-refractivity contribution < 1.29 is 9.53 Å². The number of rotatable bonds is 8. The van der Waals surface area contributed by atoms with Crippen molar-refractivity contribution in [1.82, 2.24) is 4.98 Å². The van der Waals surface area contributed by atoms with Crippen LogP contribution in [-0.4, -0.2) is 31.2 Å². The van der Waals surface area contributed by atoms with Gasteiger partial charge in [0.15, 0.2) is 0 Å². The van der Waals surface area contributed by atoms with E-state index in [9.17, 15) is 4.79 Å². The molecule has 0 atom stereocenters. The number of nitrogens with one attached hydrogen (secondary N) is 2. The third-order valence-electron chi connectivity index (χ3n) is 3.68. The van der Waals surface area contributed by atoms with E-state index in [1.54, 1.807) is 25.4 Å². The highest BCUT2D eigenvalue weighted by Crippen LogP contribution is 2.24. The van der Waals surface area contributed by atoms with Crippen LogP contribution in [0, 0.1) is 0 Å². The maximum Gasteiger partial charge on any atom is 0.255 e. The Hall–Kier alpha value is -2.40. The van der Waals surface area contributed by atoms with Crippen LogP contribution in [0.25, 0.3) is 0 Å². The number of amides is 1. The van der Waals surface area contributed by atoms with E-state index in [0.717, 1.165) is 24.2 Å². The van der Waals surface area contributed by atoms with Crippen molar-refractivity contribution in [3.05, 3.63) is 53.7 Å². The van der Waals surface area contributed by atoms with E-state index in [1.165, 1.54) is 0 Å². The van der Waals surface area contributed by atoms with E-state index in [-0.39, 0.29) is 5.91 Å². The zero-order valence-corrected chi connectivity index (χ0v) is 14.5. The second kappa shape index (κ2) is 9.03. The molecule has 0 radical (unpaired) electrons. The summed E-state index contributed by atoms with van der Waals surface area (Å²) in [7, 11) is 1.68. The van der Waals surface area contributed by atoms with E-state index < -0.39 is 0 Å². The van der Waals surface area contributed by atoms with Crippen LogP contribution in [0.15, 0.2) is 42.6 Å². The summed E-state index contributed by atoms with van der Waals surface area (Å²) in [5, 5.41) is 6.19. The molecule has 2 aromatic rings. The summed E-state index contributed by atoms with van der Waals surface area (Å²) >= 11 is 0. The molecule has 2 N–H and O–H groups in total. The van der Waals surface area contributed by atoms with Gasteiger partial charge in [-0.3, -0.25) is 4.79 Å². The zero-order valence-electron chi connectivity index (χ0n) is 14.5. The monoisotopic (exact) mass is 327 g/mol. The van der Waals surface area contributed by atoms with Crippen LogP contribution in [0.1, 0.15) is 42.1 Å². The lowest BCUT2D eigenvalue weighted by Gasteiger charge is -2.14. The van der Waals surface area contributed by atoms with Gasteiger partial charge in [-0.05, 0) is 36.1 Å². The van der Waals surface area contributed by atoms with E-state index in [1.807, 2.05) is 24.3 Å². The minimum atomic E-state index is -0.134. The number of hydrogen-bond donors (Lipinski definition) is 2. The van der Waals surface area contributed by atoms with Gasteiger partial charge in [0.2, 0.25) is 0 Å². The fourth-order valence-corrected chi connectivity index (χ4v) is 2.41. The van der Waals surface area contributed by atoms with Crippen LogP contribution < -0.4 is 10.6 Å². The van der Waals surface area contributed by atoms with Crippen LogP contribution >= 0.6 is 0 Å². The van der Waals surface area contributed by atoms with E-state index in [4.69, 9.17) is 4.74 Å². The molecule has 1 amide bonds. The van der Waals surface area contributed by atoms with Crippen LogP contribution in [0.2, 0.25) is 0 Å². The summed E-state index contributed by atoms with van der Waals surface area (Å²) in [4.78, 5) is 16.8. The summed E-state index contributed by atoms with van der Waals surface area (Å²) < 4.78 is 5.01. The van der Waals surface area contributed by atoms with E-state index in [0.29, 0.717) is 23.9 Å². The van der Waals surface area contributed by atoms with Crippen LogP contribution in [0.5, 0.6) is 0 Å². The van der Waals surface area contributed by atoms with Gasteiger partial charge in [-0.25, -0.2) is 4.98 Å². The average Bonchev–Trinajstić information content (AvgIpc) is 2.59. The Morgan fingerprint density at radius 1 is 1.25 bits per heavy atom. The van der Waals surface area contributed by atoms with Gasteiger partial charge in [-0.15, -0.1) is 0 Å². The third-order valence-corrected chi connectivity index (χ3v) is 3.68. The lowest BCUT2D eigenvalue weighted by atomic mass is 10.0. The number of anilines is 2. The highest BCUT2D eigenvalue weighted by atomic mass is 16.5. The highest BCUT2D eigenvalue weighted by Gasteiger charge is 2.11. The average molecular weight is 327 g/mol. The number of benzene rings is 1. The zero-order chi connectivity index (χ0) is 17.4.